The van der Waals surface area contributed by atoms with E-state index in [9.17, 15) is 0 Å². The van der Waals surface area contributed by atoms with Crippen LogP contribution < -0.4 is 0 Å². The third-order valence-electron chi connectivity index (χ3n) is 4.33. The lowest BCUT2D eigenvalue weighted by molar-refractivity contribution is 0.480. The van der Waals surface area contributed by atoms with E-state index in [2.05, 4.69) is 42.7 Å². The number of unbranched alkanes of at least 4 members (excludes halogenated alkanes) is 6. The van der Waals surface area contributed by atoms with E-state index >= 15 is 0 Å². The summed E-state index contributed by atoms with van der Waals surface area (Å²) < 4.78 is 2.12. The molecule has 0 spiro atoms. The van der Waals surface area contributed by atoms with Crippen molar-refractivity contribution in [2.45, 2.75) is 98.4 Å². The van der Waals surface area contributed by atoms with Crippen LogP contribution in [0.25, 0.3) is 0 Å². The SMILES string of the molecule is CC(C)CCCCCCCCCn1nncc1CCC(C)C. The number of nitrogens with zero attached hydrogens (tertiary/aromatic N) is 3. The van der Waals surface area contributed by atoms with E-state index in [1.165, 1.54) is 63.5 Å². The highest BCUT2D eigenvalue weighted by Gasteiger charge is 2.05. The topological polar surface area (TPSA) is 30.7 Å². The van der Waals surface area contributed by atoms with Gasteiger partial charge in [0.15, 0.2) is 0 Å². The highest BCUT2D eigenvalue weighted by molar-refractivity contribution is 4.94. The Balaban J connectivity index is 2.02. The van der Waals surface area contributed by atoms with E-state index in [0.717, 1.165) is 24.8 Å². The van der Waals surface area contributed by atoms with Gasteiger partial charge in [-0.1, -0.05) is 77.9 Å². The molecule has 0 atom stereocenters. The minimum Gasteiger partial charge on any atom is -0.249 e. The lowest BCUT2D eigenvalue weighted by Crippen LogP contribution is -2.06. The molecule has 0 radical (unpaired) electrons. The Labute approximate surface area is 137 Å². The van der Waals surface area contributed by atoms with E-state index in [-0.39, 0.29) is 0 Å². The number of rotatable bonds is 13. The Morgan fingerprint density at radius 3 is 2.05 bits per heavy atom. The molecule has 0 saturated carbocycles. The molecule has 3 heteroatoms. The van der Waals surface area contributed by atoms with Crippen molar-refractivity contribution in [3.05, 3.63) is 11.9 Å². The van der Waals surface area contributed by atoms with Crippen molar-refractivity contribution >= 4 is 0 Å². The van der Waals surface area contributed by atoms with Crippen LogP contribution in [0.5, 0.6) is 0 Å². The van der Waals surface area contributed by atoms with E-state index in [0.29, 0.717) is 0 Å². The Hall–Kier alpha value is -0.860. The summed E-state index contributed by atoms with van der Waals surface area (Å²) in [6, 6.07) is 0. The highest BCUT2D eigenvalue weighted by atomic mass is 15.4. The minimum absolute atomic E-state index is 0.749. The molecule has 0 fully saturated rings. The van der Waals surface area contributed by atoms with E-state index < -0.39 is 0 Å². The molecule has 0 aromatic carbocycles. The smallest absolute Gasteiger partial charge is 0.0725 e. The summed E-state index contributed by atoms with van der Waals surface area (Å²) in [5.41, 5.74) is 1.31. The molecule has 128 valence electrons. The standard InChI is InChI=1S/C19H37N3/c1-17(2)12-10-8-6-5-7-9-11-15-22-19(16-20-21-22)14-13-18(3)4/h16-18H,5-15H2,1-4H3. The zero-order chi connectivity index (χ0) is 16.2. The van der Waals surface area contributed by atoms with Gasteiger partial charge in [0.2, 0.25) is 0 Å². The quantitative estimate of drug-likeness (QED) is 0.441. The van der Waals surface area contributed by atoms with Crippen molar-refractivity contribution in [1.29, 1.82) is 0 Å². The van der Waals surface area contributed by atoms with Crippen LogP contribution in [-0.4, -0.2) is 15.0 Å². The minimum atomic E-state index is 0.749. The van der Waals surface area contributed by atoms with Crippen molar-refractivity contribution in [1.82, 2.24) is 15.0 Å². The van der Waals surface area contributed by atoms with Gasteiger partial charge >= 0.3 is 0 Å². The number of aryl methyl sites for hydroxylation is 2. The van der Waals surface area contributed by atoms with Gasteiger partial charge < -0.3 is 0 Å². The first-order valence-corrected chi connectivity index (χ1v) is 9.47. The second-order valence-electron chi connectivity index (χ2n) is 7.54. The number of aromatic nitrogens is 3. The van der Waals surface area contributed by atoms with Crippen molar-refractivity contribution < 1.29 is 0 Å². The maximum atomic E-state index is 4.24. The van der Waals surface area contributed by atoms with Gasteiger partial charge in [0.05, 0.1) is 11.9 Å². The summed E-state index contributed by atoms with van der Waals surface area (Å²) in [7, 11) is 0. The monoisotopic (exact) mass is 307 g/mol. The molecule has 0 saturated heterocycles. The molecule has 1 rings (SSSR count). The Kier molecular flexibility index (Phi) is 10.2. The van der Waals surface area contributed by atoms with Gasteiger partial charge in [0.25, 0.3) is 0 Å². The molecular formula is C19H37N3. The maximum Gasteiger partial charge on any atom is 0.0725 e. The molecule has 0 bridgehead atoms. The van der Waals surface area contributed by atoms with E-state index in [1.807, 2.05) is 6.20 Å². The normalized spacial score (nSPS) is 11.7. The Morgan fingerprint density at radius 2 is 1.41 bits per heavy atom. The first-order valence-electron chi connectivity index (χ1n) is 9.47. The second-order valence-corrected chi connectivity index (χ2v) is 7.54. The molecule has 22 heavy (non-hydrogen) atoms. The average Bonchev–Trinajstić information content (AvgIpc) is 2.90. The first kappa shape index (κ1) is 19.2. The van der Waals surface area contributed by atoms with Gasteiger partial charge in [-0.25, -0.2) is 4.68 Å². The van der Waals surface area contributed by atoms with Crippen LogP contribution >= 0.6 is 0 Å². The van der Waals surface area contributed by atoms with Gasteiger partial charge in [0.1, 0.15) is 0 Å². The van der Waals surface area contributed by atoms with Crippen molar-refractivity contribution in [3.8, 4) is 0 Å². The van der Waals surface area contributed by atoms with Crippen molar-refractivity contribution in [3.63, 3.8) is 0 Å². The Bertz CT molecular complexity index is 369. The van der Waals surface area contributed by atoms with Crippen LogP contribution in [0.15, 0.2) is 6.20 Å². The van der Waals surface area contributed by atoms with Gasteiger partial charge in [-0.3, -0.25) is 0 Å². The first-order chi connectivity index (χ1) is 10.6. The molecule has 0 unspecified atom stereocenters. The fourth-order valence-electron chi connectivity index (χ4n) is 2.80. The molecular weight excluding hydrogens is 270 g/mol. The number of hydrogen-bond acceptors (Lipinski definition) is 2. The van der Waals surface area contributed by atoms with Crippen LogP contribution in [0, 0.1) is 11.8 Å². The third-order valence-corrected chi connectivity index (χ3v) is 4.33. The summed E-state index contributed by atoms with van der Waals surface area (Å²) >= 11 is 0. The predicted octanol–water partition coefficient (Wildman–Crippen LogP) is 5.64. The zero-order valence-corrected chi connectivity index (χ0v) is 15.4. The fraction of sp³-hybridized carbons (Fsp3) is 0.895. The lowest BCUT2D eigenvalue weighted by Gasteiger charge is -2.08. The van der Waals surface area contributed by atoms with Crippen LogP contribution in [0.1, 0.15) is 91.2 Å². The lowest BCUT2D eigenvalue weighted by atomic mass is 10.0. The van der Waals surface area contributed by atoms with Crippen LogP contribution in [0.3, 0.4) is 0 Å². The molecule has 0 aliphatic carbocycles. The maximum absolute atomic E-state index is 4.24. The van der Waals surface area contributed by atoms with Gasteiger partial charge in [0, 0.05) is 6.54 Å². The fourth-order valence-corrected chi connectivity index (χ4v) is 2.80. The molecule has 3 nitrogen and oxygen atoms in total. The van der Waals surface area contributed by atoms with Gasteiger partial charge in [-0.15, -0.1) is 5.10 Å². The van der Waals surface area contributed by atoms with Crippen LogP contribution in [-0.2, 0) is 13.0 Å². The summed E-state index contributed by atoms with van der Waals surface area (Å²) in [6.07, 6.45) is 15.3. The van der Waals surface area contributed by atoms with E-state index in [1.54, 1.807) is 0 Å². The molecule has 1 heterocycles. The predicted molar refractivity (Wildman–Crippen MR) is 95.0 cm³/mol. The van der Waals surface area contributed by atoms with Crippen LogP contribution in [0.4, 0.5) is 0 Å². The summed E-state index contributed by atoms with van der Waals surface area (Å²) in [5.74, 6) is 1.62. The number of hydrogen-bond donors (Lipinski definition) is 0. The molecule has 0 aliphatic rings. The van der Waals surface area contributed by atoms with E-state index in [4.69, 9.17) is 0 Å². The van der Waals surface area contributed by atoms with Crippen molar-refractivity contribution in [2.75, 3.05) is 0 Å². The van der Waals surface area contributed by atoms with Gasteiger partial charge in [-0.05, 0) is 31.1 Å². The Morgan fingerprint density at radius 1 is 0.818 bits per heavy atom. The molecule has 0 N–H and O–H groups in total. The summed E-state index contributed by atoms with van der Waals surface area (Å²) in [4.78, 5) is 0. The summed E-state index contributed by atoms with van der Waals surface area (Å²) in [6.45, 7) is 10.2. The highest BCUT2D eigenvalue weighted by Crippen LogP contribution is 2.13. The largest absolute Gasteiger partial charge is 0.249 e. The molecule has 0 aliphatic heterocycles. The van der Waals surface area contributed by atoms with Crippen molar-refractivity contribution in [2.24, 2.45) is 11.8 Å². The average molecular weight is 308 g/mol. The third kappa shape index (κ3) is 9.22. The zero-order valence-electron chi connectivity index (χ0n) is 15.4. The molecule has 1 aromatic rings. The summed E-state index contributed by atoms with van der Waals surface area (Å²) in [5, 5.41) is 8.31. The molecule has 0 amide bonds. The second kappa shape index (κ2) is 11.7. The van der Waals surface area contributed by atoms with Gasteiger partial charge in [-0.2, -0.15) is 0 Å². The van der Waals surface area contributed by atoms with Crippen LogP contribution in [0.2, 0.25) is 0 Å². The molecule has 1 aromatic heterocycles.